The average molecular weight is 350 g/mol. The van der Waals surface area contributed by atoms with Crippen LogP contribution in [0.2, 0.25) is 0 Å². The van der Waals surface area contributed by atoms with Gasteiger partial charge in [-0.3, -0.25) is 4.98 Å². The molecule has 3 N–H and O–H groups in total. The molecule has 0 amide bonds. The summed E-state index contributed by atoms with van der Waals surface area (Å²) in [5.41, 5.74) is 9.43. The molecular formula is C21H26N4O. The third-order valence-corrected chi connectivity index (χ3v) is 4.40. The maximum absolute atomic E-state index is 6.50. The van der Waals surface area contributed by atoms with Gasteiger partial charge in [-0.15, -0.1) is 0 Å². The molecule has 5 heteroatoms. The highest BCUT2D eigenvalue weighted by Crippen LogP contribution is 2.31. The number of unbranched alkanes of at least 4 members (excludes halogenated alkanes) is 2. The molecule has 0 saturated carbocycles. The molecule has 136 valence electrons. The van der Waals surface area contributed by atoms with E-state index in [0.717, 1.165) is 41.2 Å². The second-order valence-electron chi connectivity index (χ2n) is 6.40. The van der Waals surface area contributed by atoms with Gasteiger partial charge in [0.1, 0.15) is 18.2 Å². The largest absolute Gasteiger partial charge is 0.487 e. The number of aromatic amines is 1. The molecule has 1 aromatic carbocycles. The number of benzene rings is 1. The molecular weight excluding hydrogens is 324 g/mol. The Bertz CT molecular complexity index is 787. The Morgan fingerprint density at radius 2 is 2.04 bits per heavy atom. The predicted octanol–water partition coefficient (Wildman–Crippen LogP) is 4.63. The van der Waals surface area contributed by atoms with E-state index in [1.807, 2.05) is 36.5 Å². The van der Waals surface area contributed by atoms with E-state index in [1.54, 1.807) is 12.4 Å². The van der Waals surface area contributed by atoms with E-state index in [4.69, 9.17) is 10.5 Å². The summed E-state index contributed by atoms with van der Waals surface area (Å²) in [7, 11) is 0. The highest BCUT2D eigenvalue weighted by atomic mass is 16.5. The minimum Gasteiger partial charge on any atom is -0.487 e. The number of pyridine rings is 1. The molecule has 1 unspecified atom stereocenters. The van der Waals surface area contributed by atoms with E-state index in [0.29, 0.717) is 6.61 Å². The van der Waals surface area contributed by atoms with Gasteiger partial charge >= 0.3 is 0 Å². The Morgan fingerprint density at radius 3 is 2.77 bits per heavy atom. The van der Waals surface area contributed by atoms with Crippen molar-refractivity contribution in [2.24, 2.45) is 5.73 Å². The van der Waals surface area contributed by atoms with Crippen LogP contribution in [0, 0.1) is 0 Å². The summed E-state index contributed by atoms with van der Waals surface area (Å²) in [5, 5.41) is 0. The zero-order chi connectivity index (χ0) is 18.2. The van der Waals surface area contributed by atoms with Crippen molar-refractivity contribution in [3.05, 3.63) is 66.2 Å². The minimum absolute atomic E-state index is 0.0600. The number of rotatable bonds is 9. The van der Waals surface area contributed by atoms with Crippen molar-refractivity contribution >= 4 is 0 Å². The van der Waals surface area contributed by atoms with Crippen LogP contribution >= 0.6 is 0 Å². The molecule has 0 bridgehead atoms. The lowest BCUT2D eigenvalue weighted by molar-refractivity contribution is 0.295. The van der Waals surface area contributed by atoms with Crippen molar-refractivity contribution in [3.63, 3.8) is 0 Å². The number of nitrogens with two attached hydrogens (primary N) is 1. The van der Waals surface area contributed by atoms with Crippen molar-refractivity contribution in [1.29, 1.82) is 0 Å². The summed E-state index contributed by atoms with van der Waals surface area (Å²) in [6.07, 6.45) is 9.77. The lowest BCUT2D eigenvalue weighted by atomic mass is 9.98. The molecule has 3 aromatic rings. The Hall–Kier alpha value is -2.66. The van der Waals surface area contributed by atoms with Gasteiger partial charge in [0.15, 0.2) is 0 Å². The van der Waals surface area contributed by atoms with E-state index < -0.39 is 0 Å². The molecule has 0 radical (unpaired) electrons. The van der Waals surface area contributed by atoms with Crippen LogP contribution in [0.3, 0.4) is 0 Å². The van der Waals surface area contributed by atoms with Crippen LogP contribution in [0.1, 0.15) is 49.9 Å². The predicted molar refractivity (Wildman–Crippen MR) is 104 cm³/mol. The van der Waals surface area contributed by atoms with Crippen LogP contribution in [0.4, 0.5) is 0 Å². The summed E-state index contributed by atoms with van der Waals surface area (Å²) in [5.74, 6) is 1.65. The molecule has 0 saturated heterocycles. The SMILES string of the molecule is CCCCCC(N)c1cc(-c2ncc[nH]2)ccc1OCc1ccccn1. The summed E-state index contributed by atoms with van der Waals surface area (Å²) in [4.78, 5) is 11.8. The Labute approximate surface area is 154 Å². The van der Waals surface area contributed by atoms with Gasteiger partial charge in [-0.1, -0.05) is 32.3 Å². The molecule has 2 aromatic heterocycles. The number of ether oxygens (including phenoxy) is 1. The van der Waals surface area contributed by atoms with E-state index in [9.17, 15) is 0 Å². The van der Waals surface area contributed by atoms with Gasteiger partial charge in [0, 0.05) is 35.8 Å². The fourth-order valence-corrected chi connectivity index (χ4v) is 2.95. The standard InChI is InChI=1S/C21H26N4O/c1-2-3-4-8-19(22)18-14-16(21-24-12-13-25-21)9-10-20(18)26-15-17-7-5-6-11-23-17/h5-7,9-14,19H,2-4,8,15,22H2,1H3,(H,24,25). The van der Waals surface area contributed by atoms with E-state index in [-0.39, 0.29) is 6.04 Å². The van der Waals surface area contributed by atoms with Crippen molar-refractivity contribution < 1.29 is 4.74 Å². The maximum Gasteiger partial charge on any atom is 0.137 e. The molecule has 0 spiro atoms. The van der Waals surface area contributed by atoms with Gasteiger partial charge in [-0.2, -0.15) is 0 Å². The number of hydrogen-bond acceptors (Lipinski definition) is 4. The minimum atomic E-state index is -0.0600. The molecule has 3 rings (SSSR count). The molecule has 0 aliphatic heterocycles. The monoisotopic (exact) mass is 350 g/mol. The van der Waals surface area contributed by atoms with Crippen molar-refractivity contribution in [2.45, 2.75) is 45.3 Å². The van der Waals surface area contributed by atoms with E-state index in [1.165, 1.54) is 12.8 Å². The fraction of sp³-hybridized carbons (Fsp3) is 0.333. The third kappa shape index (κ3) is 4.70. The smallest absolute Gasteiger partial charge is 0.137 e. The number of hydrogen-bond donors (Lipinski definition) is 2. The lowest BCUT2D eigenvalue weighted by Gasteiger charge is -2.18. The van der Waals surface area contributed by atoms with Crippen LogP contribution in [0.15, 0.2) is 55.0 Å². The fourth-order valence-electron chi connectivity index (χ4n) is 2.95. The summed E-state index contributed by atoms with van der Waals surface area (Å²) >= 11 is 0. The number of nitrogens with zero attached hydrogens (tertiary/aromatic N) is 2. The normalized spacial score (nSPS) is 12.1. The van der Waals surface area contributed by atoms with Gasteiger partial charge in [0.25, 0.3) is 0 Å². The van der Waals surface area contributed by atoms with Crippen LogP contribution in [-0.4, -0.2) is 15.0 Å². The van der Waals surface area contributed by atoms with Gasteiger partial charge in [0.2, 0.25) is 0 Å². The van der Waals surface area contributed by atoms with Crippen LogP contribution < -0.4 is 10.5 Å². The van der Waals surface area contributed by atoms with E-state index >= 15 is 0 Å². The number of imidazole rings is 1. The van der Waals surface area contributed by atoms with Crippen LogP contribution in [0.5, 0.6) is 5.75 Å². The maximum atomic E-state index is 6.50. The summed E-state index contributed by atoms with van der Waals surface area (Å²) in [6, 6.07) is 11.8. The topological polar surface area (TPSA) is 76.8 Å². The summed E-state index contributed by atoms with van der Waals surface area (Å²) < 4.78 is 6.05. The Balaban J connectivity index is 1.81. The first-order valence-electron chi connectivity index (χ1n) is 9.20. The van der Waals surface area contributed by atoms with Gasteiger partial charge in [0.05, 0.1) is 5.69 Å². The molecule has 5 nitrogen and oxygen atoms in total. The number of H-pyrrole nitrogens is 1. The highest BCUT2D eigenvalue weighted by Gasteiger charge is 2.15. The molecule has 0 aliphatic carbocycles. The van der Waals surface area contributed by atoms with Crippen LogP contribution in [0.25, 0.3) is 11.4 Å². The van der Waals surface area contributed by atoms with Crippen molar-refractivity contribution in [3.8, 4) is 17.1 Å². The Morgan fingerprint density at radius 1 is 1.12 bits per heavy atom. The first kappa shape index (κ1) is 18.1. The highest BCUT2D eigenvalue weighted by molar-refractivity contribution is 5.59. The first-order chi connectivity index (χ1) is 12.8. The first-order valence-corrected chi connectivity index (χ1v) is 9.20. The quantitative estimate of drug-likeness (QED) is 0.552. The van der Waals surface area contributed by atoms with Crippen LogP contribution in [-0.2, 0) is 6.61 Å². The van der Waals surface area contributed by atoms with Crippen molar-refractivity contribution in [2.75, 3.05) is 0 Å². The van der Waals surface area contributed by atoms with E-state index in [2.05, 4.69) is 27.9 Å². The van der Waals surface area contributed by atoms with Gasteiger partial charge < -0.3 is 15.5 Å². The van der Waals surface area contributed by atoms with Gasteiger partial charge in [-0.05, 0) is 36.8 Å². The number of aromatic nitrogens is 3. The third-order valence-electron chi connectivity index (χ3n) is 4.40. The number of nitrogens with one attached hydrogen (secondary N) is 1. The second kappa shape index (κ2) is 9.15. The zero-order valence-corrected chi connectivity index (χ0v) is 15.2. The zero-order valence-electron chi connectivity index (χ0n) is 15.2. The average Bonchev–Trinajstić information content (AvgIpc) is 3.22. The Kier molecular flexibility index (Phi) is 6.39. The van der Waals surface area contributed by atoms with Crippen molar-refractivity contribution in [1.82, 2.24) is 15.0 Å². The lowest BCUT2D eigenvalue weighted by Crippen LogP contribution is -2.12. The summed E-state index contributed by atoms with van der Waals surface area (Å²) in [6.45, 7) is 2.63. The van der Waals surface area contributed by atoms with Gasteiger partial charge in [-0.25, -0.2) is 4.98 Å². The molecule has 0 fully saturated rings. The molecule has 0 aliphatic rings. The molecule has 2 heterocycles. The second-order valence-corrected chi connectivity index (χ2v) is 6.40. The molecule has 1 atom stereocenters. The molecule has 26 heavy (non-hydrogen) atoms.